The van der Waals surface area contributed by atoms with E-state index in [1.807, 2.05) is 6.08 Å². The maximum Gasteiger partial charge on any atom is 0.306 e. The summed E-state index contributed by atoms with van der Waals surface area (Å²) < 4.78 is 33.6. The van der Waals surface area contributed by atoms with E-state index in [-0.39, 0.29) is 19.4 Å². The summed E-state index contributed by atoms with van der Waals surface area (Å²) in [4.78, 5) is 25.8. The molecule has 11 atom stereocenters. The molecular formula is C57H100O15. The van der Waals surface area contributed by atoms with Gasteiger partial charge in [0.15, 0.2) is 18.7 Å². The predicted molar refractivity (Wildman–Crippen MR) is 280 cm³/mol. The van der Waals surface area contributed by atoms with Gasteiger partial charge in [0.25, 0.3) is 0 Å². The Morgan fingerprint density at radius 1 is 0.444 bits per heavy atom. The quantitative estimate of drug-likeness (QED) is 0.0171. The van der Waals surface area contributed by atoms with Crippen molar-refractivity contribution in [1.82, 2.24) is 0 Å². The van der Waals surface area contributed by atoms with Gasteiger partial charge in [0.1, 0.15) is 55.4 Å². The topological polar surface area (TPSA) is 231 Å². The van der Waals surface area contributed by atoms with Gasteiger partial charge in [-0.25, -0.2) is 0 Å². The summed E-state index contributed by atoms with van der Waals surface area (Å²) in [5, 5.41) is 72.2. The molecule has 2 rings (SSSR count). The van der Waals surface area contributed by atoms with Gasteiger partial charge in [-0.2, -0.15) is 0 Å². The number of unbranched alkanes of at least 4 members (excludes halogenated alkanes) is 22. The Balaban J connectivity index is 1.79. The first-order valence-electron chi connectivity index (χ1n) is 28.2. The number of esters is 2. The molecule has 0 aromatic rings. The standard InChI is InChI=1S/C57H100O15/c1-3-5-7-9-11-13-15-17-19-20-21-22-23-24-26-27-29-31-33-35-37-39-48(59)67-42-45(70-49(60)40-38-36-34-32-30-28-25-18-16-14-12-10-8-6-4-2)43-68-56-55(66)53(64)51(62)47(72-56)44-69-57-54(65)52(63)50(61)46(41-58)71-57/h19-20,22-23,26-27,31,33,45-47,50-58,61-66H,3-18,21,24-25,28-30,32,34-44H2,1-2H3/b20-19+,23-22+,27-26+,33-31+/t45-,46+,47+,50-,51-,52?,53?,54?,55?,56+,57+/m0/s1. The third-order valence-electron chi connectivity index (χ3n) is 13.3. The van der Waals surface area contributed by atoms with E-state index in [4.69, 9.17) is 28.4 Å². The van der Waals surface area contributed by atoms with E-state index in [0.717, 1.165) is 44.9 Å². The van der Waals surface area contributed by atoms with Crippen LogP contribution in [0.2, 0.25) is 0 Å². The van der Waals surface area contributed by atoms with Crippen LogP contribution in [0.15, 0.2) is 48.6 Å². The fourth-order valence-corrected chi connectivity index (χ4v) is 8.68. The molecule has 4 unspecified atom stereocenters. The maximum absolute atomic E-state index is 13.0. The Kier molecular flexibility index (Phi) is 39.8. The second-order valence-corrected chi connectivity index (χ2v) is 19.8. The molecule has 0 radical (unpaired) electrons. The molecule has 2 aliphatic rings. The van der Waals surface area contributed by atoms with Crippen LogP contribution in [0.4, 0.5) is 0 Å². The van der Waals surface area contributed by atoms with E-state index >= 15 is 0 Å². The molecule has 2 heterocycles. The summed E-state index contributed by atoms with van der Waals surface area (Å²) in [7, 11) is 0. The van der Waals surface area contributed by atoms with E-state index in [1.165, 1.54) is 116 Å². The van der Waals surface area contributed by atoms with Crippen molar-refractivity contribution in [3.05, 3.63) is 48.6 Å². The van der Waals surface area contributed by atoms with Crippen molar-refractivity contribution >= 4 is 11.9 Å². The van der Waals surface area contributed by atoms with Crippen LogP contribution in [0.3, 0.4) is 0 Å². The Morgan fingerprint density at radius 3 is 1.35 bits per heavy atom. The van der Waals surface area contributed by atoms with Crippen molar-refractivity contribution in [3.63, 3.8) is 0 Å². The van der Waals surface area contributed by atoms with E-state index in [2.05, 4.69) is 56.4 Å². The minimum Gasteiger partial charge on any atom is -0.462 e. The zero-order valence-electron chi connectivity index (χ0n) is 44.4. The number of ether oxygens (including phenoxy) is 6. The van der Waals surface area contributed by atoms with Gasteiger partial charge in [-0.3, -0.25) is 9.59 Å². The summed E-state index contributed by atoms with van der Waals surface area (Å²) in [6.07, 6.45) is 32.8. The average Bonchev–Trinajstić information content (AvgIpc) is 3.37. The zero-order valence-corrected chi connectivity index (χ0v) is 44.4. The molecule has 418 valence electrons. The highest BCUT2D eigenvalue weighted by Crippen LogP contribution is 2.26. The van der Waals surface area contributed by atoms with Gasteiger partial charge < -0.3 is 64.2 Å². The Morgan fingerprint density at radius 2 is 0.847 bits per heavy atom. The van der Waals surface area contributed by atoms with Gasteiger partial charge in [0.2, 0.25) is 0 Å². The number of allylic oxidation sites excluding steroid dienone is 8. The van der Waals surface area contributed by atoms with Gasteiger partial charge in [0.05, 0.1) is 19.8 Å². The highest BCUT2D eigenvalue weighted by Gasteiger charge is 2.47. The molecule has 15 heteroatoms. The van der Waals surface area contributed by atoms with Gasteiger partial charge in [-0.05, 0) is 51.4 Å². The molecule has 0 aliphatic carbocycles. The fraction of sp³-hybridized carbons (Fsp3) is 0.825. The second kappa shape index (κ2) is 43.7. The lowest BCUT2D eigenvalue weighted by Crippen LogP contribution is -2.61. The molecular weight excluding hydrogens is 925 g/mol. The molecule has 15 nitrogen and oxygen atoms in total. The Bertz CT molecular complexity index is 1440. The van der Waals surface area contributed by atoms with Crippen LogP contribution in [0.1, 0.15) is 206 Å². The van der Waals surface area contributed by atoms with Crippen LogP contribution >= 0.6 is 0 Å². The van der Waals surface area contributed by atoms with Crippen molar-refractivity contribution in [2.24, 2.45) is 0 Å². The van der Waals surface area contributed by atoms with Gasteiger partial charge in [0, 0.05) is 12.8 Å². The minimum absolute atomic E-state index is 0.143. The number of carbonyl (C=O) groups excluding carboxylic acids is 2. The molecule has 2 aliphatic heterocycles. The molecule has 2 fully saturated rings. The summed E-state index contributed by atoms with van der Waals surface area (Å²) >= 11 is 0. The molecule has 0 saturated carbocycles. The number of aliphatic hydroxyl groups is 7. The zero-order chi connectivity index (χ0) is 52.4. The van der Waals surface area contributed by atoms with Crippen LogP contribution in [-0.4, -0.2) is 142 Å². The third-order valence-corrected chi connectivity index (χ3v) is 13.3. The summed E-state index contributed by atoms with van der Waals surface area (Å²) in [6, 6.07) is 0. The number of hydrogen-bond acceptors (Lipinski definition) is 15. The lowest BCUT2D eigenvalue weighted by molar-refractivity contribution is -0.332. The average molecular weight is 1030 g/mol. The molecule has 0 bridgehead atoms. The van der Waals surface area contributed by atoms with Gasteiger partial charge >= 0.3 is 11.9 Å². The van der Waals surface area contributed by atoms with Crippen molar-refractivity contribution in [2.75, 3.05) is 26.4 Å². The van der Waals surface area contributed by atoms with Crippen molar-refractivity contribution < 1.29 is 73.8 Å². The smallest absolute Gasteiger partial charge is 0.306 e. The second-order valence-electron chi connectivity index (χ2n) is 19.8. The molecule has 2 saturated heterocycles. The van der Waals surface area contributed by atoms with E-state index in [9.17, 15) is 45.3 Å². The lowest BCUT2D eigenvalue weighted by Gasteiger charge is -2.42. The number of aliphatic hydroxyl groups excluding tert-OH is 7. The minimum atomic E-state index is -1.77. The highest BCUT2D eigenvalue weighted by molar-refractivity contribution is 5.70. The monoisotopic (exact) mass is 1020 g/mol. The summed E-state index contributed by atoms with van der Waals surface area (Å²) in [5.41, 5.74) is 0. The van der Waals surface area contributed by atoms with Crippen LogP contribution in [0, 0.1) is 0 Å². The molecule has 72 heavy (non-hydrogen) atoms. The summed E-state index contributed by atoms with van der Waals surface area (Å²) in [6.45, 7) is 2.55. The molecule has 0 aromatic heterocycles. The number of hydrogen-bond donors (Lipinski definition) is 7. The van der Waals surface area contributed by atoms with Crippen LogP contribution in [0.25, 0.3) is 0 Å². The molecule has 0 amide bonds. The number of rotatable bonds is 44. The molecule has 0 aromatic carbocycles. The van der Waals surface area contributed by atoms with Crippen LogP contribution in [-0.2, 0) is 38.0 Å². The highest BCUT2D eigenvalue weighted by atomic mass is 16.7. The lowest BCUT2D eigenvalue weighted by atomic mass is 9.98. The molecule has 7 N–H and O–H groups in total. The third kappa shape index (κ3) is 30.7. The van der Waals surface area contributed by atoms with Crippen LogP contribution in [0.5, 0.6) is 0 Å². The largest absolute Gasteiger partial charge is 0.462 e. The van der Waals surface area contributed by atoms with E-state index in [1.54, 1.807) is 0 Å². The number of carbonyl (C=O) groups is 2. The van der Waals surface area contributed by atoms with E-state index in [0.29, 0.717) is 19.3 Å². The Hall–Kier alpha value is -2.54. The van der Waals surface area contributed by atoms with Crippen molar-refractivity contribution in [1.29, 1.82) is 0 Å². The van der Waals surface area contributed by atoms with Gasteiger partial charge in [-0.15, -0.1) is 0 Å². The van der Waals surface area contributed by atoms with Gasteiger partial charge in [-0.1, -0.05) is 191 Å². The first-order valence-corrected chi connectivity index (χ1v) is 28.2. The first-order chi connectivity index (χ1) is 35.0. The molecule has 0 spiro atoms. The van der Waals surface area contributed by atoms with Crippen molar-refractivity contribution in [3.8, 4) is 0 Å². The fourth-order valence-electron chi connectivity index (χ4n) is 8.68. The predicted octanol–water partition coefficient (Wildman–Crippen LogP) is 9.05. The van der Waals surface area contributed by atoms with Crippen molar-refractivity contribution in [2.45, 2.75) is 274 Å². The SMILES string of the molecule is CCCCCCCCC/C=C/C/C=C/C/C=C/C/C=C/CCCC(=O)OC[C@@H](CO[C@@H]1O[C@H](CO[C@@H]2O[C@H](CO)[C@H](O)C(O)C2O)[C@H](O)C(O)C1O)OC(=O)CCCCCCCCCCCCCCCCC. The normalized spacial score (nSPS) is 25.3. The maximum atomic E-state index is 13.0. The van der Waals surface area contributed by atoms with Crippen LogP contribution < -0.4 is 0 Å². The Labute approximate surface area is 433 Å². The van der Waals surface area contributed by atoms with E-state index < -0.39 is 99.3 Å². The summed E-state index contributed by atoms with van der Waals surface area (Å²) in [5.74, 6) is -0.985. The first kappa shape index (κ1) is 65.6.